The van der Waals surface area contributed by atoms with Gasteiger partial charge < -0.3 is 19.9 Å². The van der Waals surface area contributed by atoms with Crippen LogP contribution in [-0.4, -0.2) is 47.6 Å². The van der Waals surface area contributed by atoms with Crippen LogP contribution in [0.2, 0.25) is 0 Å². The van der Waals surface area contributed by atoms with E-state index >= 15 is 0 Å². The first-order chi connectivity index (χ1) is 17.5. The molecule has 3 aromatic rings. The third-order valence-corrected chi connectivity index (χ3v) is 6.15. The van der Waals surface area contributed by atoms with Gasteiger partial charge in [0.05, 0.1) is 12.6 Å². The number of ether oxygens (including phenoxy) is 1. The van der Waals surface area contributed by atoms with Gasteiger partial charge in [-0.25, -0.2) is 9.80 Å². The van der Waals surface area contributed by atoms with Crippen molar-refractivity contribution in [1.29, 1.82) is 0 Å². The van der Waals surface area contributed by atoms with Gasteiger partial charge in [-0.15, -0.1) is 0 Å². The zero-order valence-electron chi connectivity index (χ0n) is 21.4. The van der Waals surface area contributed by atoms with Crippen molar-refractivity contribution in [2.45, 2.75) is 33.2 Å². The minimum atomic E-state index is -1.23. The molecule has 0 aliphatic carbocycles. The molecular formula is C27H29BN4O5. The average Bonchev–Trinajstić information content (AvgIpc) is 2.86. The van der Waals surface area contributed by atoms with E-state index in [1.54, 1.807) is 61.5 Å². The molecule has 9 nitrogen and oxygen atoms in total. The van der Waals surface area contributed by atoms with Gasteiger partial charge in [0.1, 0.15) is 5.75 Å². The summed E-state index contributed by atoms with van der Waals surface area (Å²) in [7, 11) is 0.303. The number of hydrogen-bond donors (Lipinski definition) is 3. The molecule has 1 heterocycles. The Bertz CT molecular complexity index is 1360. The second kappa shape index (κ2) is 9.98. The number of carbonyl (C=O) groups is 3. The molecule has 4 rings (SSSR count). The molecule has 0 saturated carbocycles. The summed E-state index contributed by atoms with van der Waals surface area (Å²) in [5.41, 5.74) is 4.53. The number of methoxy groups -OCH3 is 1. The quantitative estimate of drug-likeness (QED) is 0.376. The van der Waals surface area contributed by atoms with Crippen molar-refractivity contribution in [1.82, 2.24) is 10.4 Å². The fraction of sp³-hybridized carbons (Fsp3) is 0.222. The van der Waals surface area contributed by atoms with Gasteiger partial charge in [-0.3, -0.25) is 15.0 Å². The molecule has 10 heteroatoms. The Hall–Kier alpha value is -4.31. The van der Waals surface area contributed by atoms with Crippen LogP contribution in [-0.2, 0) is 0 Å². The van der Waals surface area contributed by atoms with Crippen LogP contribution in [0.5, 0.6) is 5.75 Å². The van der Waals surface area contributed by atoms with Crippen LogP contribution in [0.4, 0.5) is 16.2 Å². The van der Waals surface area contributed by atoms with Crippen LogP contribution in [0.15, 0.2) is 66.7 Å². The highest BCUT2D eigenvalue weighted by Crippen LogP contribution is 2.25. The van der Waals surface area contributed by atoms with Gasteiger partial charge in [0, 0.05) is 28.1 Å². The maximum Gasteiger partial charge on any atom is 0.459 e. The van der Waals surface area contributed by atoms with Crippen LogP contribution in [0.25, 0.3) is 0 Å². The van der Waals surface area contributed by atoms with Crippen molar-refractivity contribution in [2.24, 2.45) is 0 Å². The second-order valence-electron chi connectivity index (χ2n) is 9.70. The summed E-state index contributed by atoms with van der Waals surface area (Å²) >= 11 is 0. The van der Waals surface area contributed by atoms with E-state index in [0.29, 0.717) is 33.7 Å². The number of urea groups is 1. The minimum Gasteiger partial charge on any atom is -0.496 e. The summed E-state index contributed by atoms with van der Waals surface area (Å²) in [4.78, 5) is 40.8. The number of anilines is 2. The van der Waals surface area contributed by atoms with E-state index in [1.165, 1.54) is 23.0 Å². The lowest BCUT2D eigenvalue weighted by Gasteiger charge is -2.36. The van der Waals surface area contributed by atoms with Crippen LogP contribution in [0.1, 0.15) is 47.1 Å². The van der Waals surface area contributed by atoms with Crippen molar-refractivity contribution in [3.63, 3.8) is 0 Å². The number of nitrogens with one attached hydrogen (secondary N) is 2. The lowest BCUT2D eigenvalue weighted by Crippen LogP contribution is -2.58. The molecule has 0 atom stereocenters. The van der Waals surface area contributed by atoms with Gasteiger partial charge in [-0.1, -0.05) is 30.3 Å². The van der Waals surface area contributed by atoms with Crippen LogP contribution >= 0.6 is 0 Å². The van der Waals surface area contributed by atoms with E-state index in [9.17, 15) is 19.4 Å². The van der Waals surface area contributed by atoms with Gasteiger partial charge in [-0.05, 0) is 69.6 Å². The molecule has 190 valence electrons. The van der Waals surface area contributed by atoms with Gasteiger partial charge in [0.15, 0.2) is 0 Å². The predicted molar refractivity (Wildman–Crippen MR) is 143 cm³/mol. The molecular weight excluding hydrogens is 471 g/mol. The Kier molecular flexibility index (Phi) is 6.95. The molecule has 37 heavy (non-hydrogen) atoms. The van der Waals surface area contributed by atoms with Gasteiger partial charge in [-0.2, -0.15) is 0 Å². The third-order valence-electron chi connectivity index (χ3n) is 6.15. The lowest BCUT2D eigenvalue weighted by molar-refractivity contribution is 0.0358. The first-order valence-corrected chi connectivity index (χ1v) is 11.8. The molecule has 3 aromatic carbocycles. The first kappa shape index (κ1) is 25.8. The Labute approximate surface area is 216 Å². The highest BCUT2D eigenvalue weighted by atomic mass is 16.5. The van der Waals surface area contributed by atoms with E-state index in [2.05, 4.69) is 10.7 Å². The highest BCUT2D eigenvalue weighted by molar-refractivity contribution is 6.77. The summed E-state index contributed by atoms with van der Waals surface area (Å²) in [6.07, 6.45) is 0. The Morgan fingerprint density at radius 2 is 1.76 bits per heavy atom. The standard InChI is InChI=1S/C27H29BN4O5/c1-17-20(12-9-13-23(17)37-5)25(34)32(27(2,3)4)30-24(33)18-14-15-21-22(16-18)29-26(35)31(28(21)36)19-10-7-6-8-11-19/h6-16,36H,1-5H3,(H,29,35)(H,30,33). The monoisotopic (exact) mass is 500 g/mol. The van der Waals surface area contributed by atoms with Crippen LogP contribution in [0, 0.1) is 6.92 Å². The van der Waals surface area contributed by atoms with Crippen molar-refractivity contribution in [2.75, 3.05) is 17.2 Å². The molecule has 1 aliphatic heterocycles. The highest BCUT2D eigenvalue weighted by Gasteiger charge is 2.38. The van der Waals surface area contributed by atoms with E-state index in [4.69, 9.17) is 4.74 Å². The summed E-state index contributed by atoms with van der Waals surface area (Å²) in [6, 6.07) is 18.0. The molecule has 0 fully saturated rings. The zero-order valence-corrected chi connectivity index (χ0v) is 21.4. The van der Waals surface area contributed by atoms with Gasteiger partial charge >= 0.3 is 13.1 Å². The van der Waals surface area contributed by atoms with Crippen LogP contribution < -0.4 is 25.8 Å². The van der Waals surface area contributed by atoms with Crippen LogP contribution in [0.3, 0.4) is 0 Å². The van der Waals surface area contributed by atoms with Crippen molar-refractivity contribution >= 4 is 41.7 Å². The number of nitrogens with zero attached hydrogens (tertiary/aromatic N) is 2. The predicted octanol–water partition coefficient (Wildman–Crippen LogP) is 3.33. The Morgan fingerprint density at radius 1 is 1.05 bits per heavy atom. The summed E-state index contributed by atoms with van der Waals surface area (Å²) in [5.74, 6) is -0.363. The van der Waals surface area contributed by atoms with E-state index in [1.807, 2.05) is 26.8 Å². The number of amides is 4. The van der Waals surface area contributed by atoms with Gasteiger partial charge in [0.25, 0.3) is 11.8 Å². The van der Waals surface area contributed by atoms with Gasteiger partial charge in [0.2, 0.25) is 0 Å². The average molecular weight is 500 g/mol. The second-order valence-corrected chi connectivity index (χ2v) is 9.70. The maximum absolute atomic E-state index is 13.5. The third kappa shape index (κ3) is 5.01. The number of hydrogen-bond acceptors (Lipinski definition) is 5. The summed E-state index contributed by atoms with van der Waals surface area (Å²) in [5, 5.41) is 14.9. The topological polar surface area (TPSA) is 111 Å². The first-order valence-electron chi connectivity index (χ1n) is 11.8. The number of fused-ring (bicyclic) bond motifs is 1. The minimum absolute atomic E-state index is 0.212. The fourth-order valence-corrected chi connectivity index (χ4v) is 4.18. The Balaban J connectivity index is 1.60. The van der Waals surface area contributed by atoms with E-state index in [0.717, 1.165) is 0 Å². The smallest absolute Gasteiger partial charge is 0.459 e. The number of rotatable bonds is 4. The molecule has 0 spiro atoms. The Morgan fingerprint density at radius 3 is 2.41 bits per heavy atom. The normalized spacial score (nSPS) is 13.0. The molecule has 0 aromatic heterocycles. The molecule has 4 amide bonds. The fourth-order valence-electron chi connectivity index (χ4n) is 4.18. The largest absolute Gasteiger partial charge is 0.496 e. The number of carbonyl (C=O) groups excluding carboxylic acids is 3. The number of benzene rings is 3. The zero-order chi connectivity index (χ0) is 26.9. The number of para-hydroxylation sites is 1. The number of hydrazine groups is 1. The molecule has 0 unspecified atom stereocenters. The molecule has 0 radical (unpaired) electrons. The lowest BCUT2D eigenvalue weighted by atomic mass is 9.69. The van der Waals surface area contributed by atoms with Crippen molar-refractivity contribution < 1.29 is 24.1 Å². The van der Waals surface area contributed by atoms with Crippen molar-refractivity contribution in [3.8, 4) is 5.75 Å². The molecule has 0 saturated heterocycles. The van der Waals surface area contributed by atoms with Crippen molar-refractivity contribution in [3.05, 3.63) is 83.4 Å². The molecule has 3 N–H and O–H groups in total. The summed E-state index contributed by atoms with van der Waals surface area (Å²) < 4.78 is 5.34. The molecule has 1 aliphatic rings. The molecule has 0 bridgehead atoms. The summed E-state index contributed by atoms with van der Waals surface area (Å²) in [6.45, 7) is 7.21. The maximum atomic E-state index is 13.5. The SMILES string of the molecule is COc1cccc(C(=O)N(NC(=O)c2ccc3c(c2)NC(=O)N(c2ccccc2)B3O)C(C)(C)C)c1C. The van der Waals surface area contributed by atoms with E-state index in [-0.39, 0.29) is 5.56 Å². The van der Waals surface area contributed by atoms with E-state index < -0.39 is 30.4 Å².